The molecule has 1 aliphatic heterocycles. The summed E-state index contributed by atoms with van der Waals surface area (Å²) in [6.45, 7) is 6.01. The molecule has 0 amide bonds. The molecule has 1 aromatic heterocycles. The molecular formula is C18H24F2N6O. The van der Waals surface area contributed by atoms with Crippen molar-refractivity contribution in [3.05, 3.63) is 41.5 Å². The average molecular weight is 378 g/mol. The van der Waals surface area contributed by atoms with Crippen LogP contribution >= 0.6 is 0 Å². The lowest BCUT2D eigenvalue weighted by Crippen LogP contribution is -2.47. The van der Waals surface area contributed by atoms with Crippen molar-refractivity contribution in [1.82, 2.24) is 25.4 Å². The molecule has 1 aliphatic rings. The maximum absolute atomic E-state index is 13.2. The van der Waals surface area contributed by atoms with Gasteiger partial charge in [0.05, 0.1) is 13.1 Å². The number of aliphatic imine (C=N–C) groups is 1. The molecule has 0 fully saturated rings. The van der Waals surface area contributed by atoms with Crippen LogP contribution in [0.3, 0.4) is 0 Å². The number of benzene rings is 1. The van der Waals surface area contributed by atoms with Crippen LogP contribution in [-0.2, 0) is 13.0 Å². The van der Waals surface area contributed by atoms with Crippen molar-refractivity contribution in [3.8, 4) is 5.75 Å². The van der Waals surface area contributed by atoms with Gasteiger partial charge in [-0.05, 0) is 32.4 Å². The van der Waals surface area contributed by atoms with Gasteiger partial charge in [0.15, 0.2) is 17.6 Å². The van der Waals surface area contributed by atoms with Crippen LogP contribution in [0.2, 0.25) is 0 Å². The first-order valence-corrected chi connectivity index (χ1v) is 9.08. The van der Waals surface area contributed by atoms with E-state index < -0.39 is 11.6 Å². The fourth-order valence-corrected chi connectivity index (χ4v) is 2.95. The van der Waals surface area contributed by atoms with E-state index in [1.165, 1.54) is 6.07 Å². The summed E-state index contributed by atoms with van der Waals surface area (Å²) >= 11 is 0. The zero-order chi connectivity index (χ0) is 19.2. The monoisotopic (exact) mass is 378 g/mol. The molecule has 0 saturated heterocycles. The van der Waals surface area contributed by atoms with Crippen LogP contribution in [0.25, 0.3) is 0 Å². The van der Waals surface area contributed by atoms with Crippen molar-refractivity contribution in [1.29, 1.82) is 0 Å². The van der Waals surface area contributed by atoms with E-state index in [0.29, 0.717) is 12.5 Å². The number of aryl methyl sites for hydroxylation is 2. The number of hydrogen-bond acceptors (Lipinski definition) is 4. The molecule has 7 nitrogen and oxygen atoms in total. The van der Waals surface area contributed by atoms with Crippen LogP contribution in [0.4, 0.5) is 8.78 Å². The number of hydrogen-bond donors (Lipinski definition) is 2. The minimum absolute atomic E-state index is 0.212. The normalized spacial score (nSPS) is 16.7. The minimum atomic E-state index is -0.925. The molecule has 2 heterocycles. The van der Waals surface area contributed by atoms with Gasteiger partial charge in [-0.1, -0.05) is 0 Å². The fraction of sp³-hybridized carbons (Fsp3) is 0.500. The van der Waals surface area contributed by atoms with Crippen molar-refractivity contribution in [2.45, 2.75) is 39.3 Å². The lowest BCUT2D eigenvalue weighted by Gasteiger charge is -2.25. The van der Waals surface area contributed by atoms with E-state index >= 15 is 0 Å². The molecule has 0 radical (unpaired) electrons. The van der Waals surface area contributed by atoms with Gasteiger partial charge in [0.2, 0.25) is 0 Å². The van der Waals surface area contributed by atoms with Gasteiger partial charge >= 0.3 is 0 Å². The maximum Gasteiger partial charge on any atom is 0.191 e. The molecule has 0 aliphatic carbocycles. The van der Waals surface area contributed by atoms with Crippen LogP contribution in [0, 0.1) is 18.6 Å². The van der Waals surface area contributed by atoms with Gasteiger partial charge in [-0.2, -0.15) is 5.10 Å². The first kappa shape index (κ1) is 19.1. The summed E-state index contributed by atoms with van der Waals surface area (Å²) in [6, 6.07) is 3.68. The van der Waals surface area contributed by atoms with Crippen molar-refractivity contribution in [2.24, 2.45) is 4.99 Å². The van der Waals surface area contributed by atoms with Crippen LogP contribution < -0.4 is 15.4 Å². The summed E-state index contributed by atoms with van der Waals surface area (Å²) in [5.74, 6) is 0.969. The number of rotatable bonds is 6. The van der Waals surface area contributed by atoms with E-state index in [-0.39, 0.29) is 18.4 Å². The molecule has 2 aromatic rings. The molecule has 27 heavy (non-hydrogen) atoms. The van der Waals surface area contributed by atoms with E-state index in [2.05, 4.69) is 25.7 Å². The van der Waals surface area contributed by atoms with Crippen molar-refractivity contribution >= 4 is 5.96 Å². The fourth-order valence-electron chi connectivity index (χ4n) is 2.95. The Morgan fingerprint density at radius 2 is 2.22 bits per heavy atom. The van der Waals surface area contributed by atoms with Gasteiger partial charge in [0.1, 0.15) is 24.0 Å². The standard InChI is InChI=1S/C18H24F2N6O/c1-3-21-18(22-8-9-27-14-5-6-15(19)16(20)10-14)24-13-4-7-17-23-12(2)25-26(17)11-13/h5-6,10,13H,3-4,7-9,11H2,1-2H3,(H2,21,22,24). The second-order valence-corrected chi connectivity index (χ2v) is 6.32. The van der Waals surface area contributed by atoms with Gasteiger partial charge in [0.25, 0.3) is 0 Å². The zero-order valence-corrected chi connectivity index (χ0v) is 15.5. The Morgan fingerprint density at radius 3 is 3.00 bits per heavy atom. The first-order chi connectivity index (χ1) is 13.0. The Hall–Kier alpha value is -2.71. The van der Waals surface area contributed by atoms with E-state index in [9.17, 15) is 8.78 Å². The Bertz CT molecular complexity index is 807. The Labute approximate surface area is 156 Å². The summed E-state index contributed by atoms with van der Waals surface area (Å²) in [7, 11) is 0. The maximum atomic E-state index is 13.2. The SMILES string of the molecule is CCNC(=NCCOc1ccc(F)c(F)c1)NC1CCc2nc(C)nn2C1. The van der Waals surface area contributed by atoms with E-state index in [0.717, 1.165) is 49.7 Å². The second kappa shape index (κ2) is 8.79. The lowest BCUT2D eigenvalue weighted by atomic mass is 10.1. The van der Waals surface area contributed by atoms with Gasteiger partial charge in [-0.25, -0.2) is 23.4 Å². The third-order valence-electron chi connectivity index (χ3n) is 4.17. The number of halogens is 2. The second-order valence-electron chi connectivity index (χ2n) is 6.32. The molecule has 2 N–H and O–H groups in total. The van der Waals surface area contributed by atoms with Gasteiger partial charge in [-0.15, -0.1) is 0 Å². The Kier molecular flexibility index (Phi) is 6.20. The largest absolute Gasteiger partial charge is 0.492 e. The predicted molar refractivity (Wildman–Crippen MR) is 97.8 cm³/mol. The number of guanidine groups is 1. The van der Waals surface area contributed by atoms with Crippen molar-refractivity contribution in [2.75, 3.05) is 19.7 Å². The van der Waals surface area contributed by atoms with Gasteiger partial charge in [-0.3, -0.25) is 0 Å². The van der Waals surface area contributed by atoms with Crippen molar-refractivity contribution in [3.63, 3.8) is 0 Å². The first-order valence-electron chi connectivity index (χ1n) is 9.08. The minimum Gasteiger partial charge on any atom is -0.492 e. The summed E-state index contributed by atoms with van der Waals surface area (Å²) in [4.78, 5) is 8.89. The number of nitrogens with one attached hydrogen (secondary N) is 2. The molecule has 3 rings (SSSR count). The molecular weight excluding hydrogens is 354 g/mol. The lowest BCUT2D eigenvalue weighted by molar-refractivity contribution is 0.324. The summed E-state index contributed by atoms with van der Waals surface area (Å²) in [5.41, 5.74) is 0. The molecule has 0 spiro atoms. The third kappa shape index (κ3) is 5.15. The average Bonchev–Trinajstić information content (AvgIpc) is 3.01. The third-order valence-corrected chi connectivity index (χ3v) is 4.17. The Balaban J connectivity index is 1.51. The van der Waals surface area contributed by atoms with Crippen LogP contribution in [-0.4, -0.2) is 46.5 Å². The van der Waals surface area contributed by atoms with E-state index in [1.54, 1.807) is 0 Å². The number of fused-ring (bicyclic) bond motifs is 1. The van der Waals surface area contributed by atoms with Crippen molar-refractivity contribution < 1.29 is 13.5 Å². The van der Waals surface area contributed by atoms with Crippen LogP contribution in [0.5, 0.6) is 5.75 Å². The van der Waals surface area contributed by atoms with Gasteiger partial charge < -0.3 is 15.4 Å². The number of aromatic nitrogens is 3. The molecule has 146 valence electrons. The van der Waals surface area contributed by atoms with Crippen LogP contribution in [0.15, 0.2) is 23.2 Å². The smallest absolute Gasteiger partial charge is 0.191 e. The van der Waals surface area contributed by atoms with Gasteiger partial charge in [0, 0.05) is 25.1 Å². The predicted octanol–water partition coefficient (Wildman–Crippen LogP) is 1.81. The molecule has 0 bridgehead atoms. The highest BCUT2D eigenvalue weighted by atomic mass is 19.2. The molecule has 1 aromatic carbocycles. The number of ether oxygens (including phenoxy) is 1. The summed E-state index contributed by atoms with van der Waals surface area (Å²) in [6.07, 6.45) is 1.82. The highest BCUT2D eigenvalue weighted by Gasteiger charge is 2.21. The van der Waals surface area contributed by atoms with Crippen LogP contribution in [0.1, 0.15) is 25.0 Å². The molecule has 1 unspecified atom stereocenters. The zero-order valence-electron chi connectivity index (χ0n) is 15.5. The quantitative estimate of drug-likeness (QED) is 0.456. The topological polar surface area (TPSA) is 76.4 Å². The highest BCUT2D eigenvalue weighted by Crippen LogP contribution is 2.15. The molecule has 1 atom stereocenters. The summed E-state index contributed by atoms with van der Waals surface area (Å²) in [5, 5.41) is 11.0. The molecule has 0 saturated carbocycles. The number of nitrogens with zero attached hydrogens (tertiary/aromatic N) is 4. The highest BCUT2D eigenvalue weighted by molar-refractivity contribution is 5.80. The Morgan fingerprint density at radius 1 is 1.37 bits per heavy atom. The van der Waals surface area contributed by atoms with E-state index in [4.69, 9.17) is 4.74 Å². The summed E-state index contributed by atoms with van der Waals surface area (Å²) < 4.78 is 33.4. The van der Waals surface area contributed by atoms with E-state index in [1.807, 2.05) is 18.5 Å². The molecule has 9 heteroatoms.